The van der Waals surface area contributed by atoms with Gasteiger partial charge in [-0.3, -0.25) is 14.4 Å². The van der Waals surface area contributed by atoms with Gasteiger partial charge in [-0.1, -0.05) is 0 Å². The summed E-state index contributed by atoms with van der Waals surface area (Å²) >= 11 is 0. The second-order valence-corrected chi connectivity index (χ2v) is 9.42. The number of H-pyrrole nitrogens is 1. The Morgan fingerprint density at radius 3 is 2.53 bits per heavy atom. The van der Waals surface area contributed by atoms with Crippen LogP contribution in [0, 0.1) is 11.3 Å². The third kappa shape index (κ3) is 4.64. The number of β-amino-alcohol motifs (C(OH)–C–C–N with tert-alkyl or cyclic N) is 1. The third-order valence-electron chi connectivity index (χ3n) is 7.10. The molecule has 1 aromatic carbocycles. The quantitative estimate of drug-likeness (QED) is 0.471. The Kier molecular flexibility index (Phi) is 6.13. The lowest BCUT2D eigenvalue weighted by Gasteiger charge is -2.47. The first-order valence-corrected chi connectivity index (χ1v) is 11.7. The van der Waals surface area contributed by atoms with E-state index in [0.717, 1.165) is 12.8 Å². The van der Waals surface area contributed by atoms with Crippen LogP contribution in [-0.4, -0.2) is 56.4 Å². The minimum Gasteiger partial charge on any atom is -0.406 e. The molecule has 36 heavy (non-hydrogen) atoms. The standard InChI is InChI=1S/C24H25F3N6O3/c25-24(26,27)36-18-3-1-15(2-4-18)30-21-20-19(7-12-29-22(20)35)33(31-21)23(10-11-28)8-5-16(6-9-23)32-13-17(34)14-32/h1-4,7,12,16-17,34H,5-6,8-10,13-14H2,(H,29,35)(H,30,31)/t16-,23+. The highest BCUT2D eigenvalue weighted by atomic mass is 19.4. The Balaban J connectivity index is 1.46. The molecule has 9 nitrogen and oxygen atoms in total. The number of benzene rings is 1. The Morgan fingerprint density at radius 1 is 1.22 bits per heavy atom. The van der Waals surface area contributed by atoms with Crippen molar-refractivity contribution >= 4 is 22.4 Å². The fraction of sp³-hybridized carbons (Fsp3) is 0.458. The molecule has 1 aliphatic heterocycles. The number of nitrogens with one attached hydrogen (secondary N) is 2. The van der Waals surface area contributed by atoms with E-state index in [2.05, 4.69) is 26.0 Å². The smallest absolute Gasteiger partial charge is 0.406 e. The zero-order chi connectivity index (χ0) is 25.5. The Labute approximate surface area is 204 Å². The molecule has 190 valence electrons. The van der Waals surface area contributed by atoms with Crippen molar-refractivity contribution in [2.45, 2.75) is 56.2 Å². The second kappa shape index (κ2) is 9.15. The van der Waals surface area contributed by atoms with Gasteiger partial charge in [0.1, 0.15) is 11.1 Å². The molecule has 5 rings (SSSR count). The maximum atomic E-state index is 12.8. The van der Waals surface area contributed by atoms with Gasteiger partial charge in [-0.05, 0) is 56.0 Å². The number of likely N-dealkylation sites (tertiary alicyclic amines) is 1. The van der Waals surface area contributed by atoms with Gasteiger partial charge in [-0.25, -0.2) is 0 Å². The average molecular weight is 502 g/mol. The summed E-state index contributed by atoms with van der Waals surface area (Å²) in [6, 6.07) is 9.52. The summed E-state index contributed by atoms with van der Waals surface area (Å²) in [4.78, 5) is 17.7. The zero-order valence-corrected chi connectivity index (χ0v) is 19.3. The molecule has 0 spiro atoms. The molecule has 1 saturated carbocycles. The second-order valence-electron chi connectivity index (χ2n) is 9.42. The van der Waals surface area contributed by atoms with E-state index < -0.39 is 11.9 Å². The summed E-state index contributed by atoms with van der Waals surface area (Å²) in [6.45, 7) is 1.33. The van der Waals surface area contributed by atoms with Crippen LogP contribution in [0.3, 0.4) is 0 Å². The average Bonchev–Trinajstić information content (AvgIpc) is 3.18. The van der Waals surface area contributed by atoms with Crippen molar-refractivity contribution in [3.63, 3.8) is 0 Å². The van der Waals surface area contributed by atoms with Gasteiger partial charge in [0, 0.05) is 31.0 Å². The molecule has 0 atom stereocenters. The highest BCUT2D eigenvalue weighted by Gasteiger charge is 2.42. The summed E-state index contributed by atoms with van der Waals surface area (Å²) < 4.78 is 43.1. The van der Waals surface area contributed by atoms with Crippen LogP contribution in [0.1, 0.15) is 32.1 Å². The molecule has 3 heterocycles. The van der Waals surface area contributed by atoms with Gasteiger partial charge in [-0.2, -0.15) is 10.4 Å². The van der Waals surface area contributed by atoms with Crippen molar-refractivity contribution < 1.29 is 23.0 Å². The van der Waals surface area contributed by atoms with E-state index in [4.69, 9.17) is 5.10 Å². The maximum absolute atomic E-state index is 12.8. The monoisotopic (exact) mass is 502 g/mol. The number of aromatic nitrogens is 3. The van der Waals surface area contributed by atoms with Crippen molar-refractivity contribution in [2.75, 3.05) is 18.4 Å². The number of aromatic amines is 1. The molecular formula is C24H25F3N6O3. The van der Waals surface area contributed by atoms with Gasteiger partial charge in [0.25, 0.3) is 5.56 Å². The van der Waals surface area contributed by atoms with Crippen LogP contribution in [0.15, 0.2) is 41.3 Å². The van der Waals surface area contributed by atoms with E-state index in [-0.39, 0.29) is 29.7 Å². The molecular weight excluding hydrogens is 477 g/mol. The summed E-state index contributed by atoms with van der Waals surface area (Å²) in [5.74, 6) is -0.109. The van der Waals surface area contributed by atoms with Gasteiger partial charge in [0.2, 0.25) is 0 Å². The number of nitrogens with zero attached hydrogens (tertiary/aromatic N) is 4. The number of pyridine rings is 1. The van der Waals surface area contributed by atoms with Crippen molar-refractivity contribution in [1.29, 1.82) is 5.26 Å². The van der Waals surface area contributed by atoms with E-state index in [1.165, 1.54) is 30.5 Å². The molecule has 0 unspecified atom stereocenters. The van der Waals surface area contributed by atoms with E-state index in [1.807, 2.05) is 0 Å². The minimum atomic E-state index is -4.79. The van der Waals surface area contributed by atoms with Gasteiger partial charge in [0.15, 0.2) is 5.82 Å². The van der Waals surface area contributed by atoms with Gasteiger partial charge in [0.05, 0.1) is 29.6 Å². The fourth-order valence-corrected chi connectivity index (χ4v) is 5.30. The first kappa shape index (κ1) is 24.1. The number of fused-ring (bicyclic) bond motifs is 1. The Morgan fingerprint density at radius 2 is 1.92 bits per heavy atom. The fourth-order valence-electron chi connectivity index (χ4n) is 5.30. The van der Waals surface area contributed by atoms with Crippen LogP contribution in [0.4, 0.5) is 24.7 Å². The molecule has 0 bridgehead atoms. The lowest BCUT2D eigenvalue weighted by molar-refractivity contribution is -0.274. The first-order valence-electron chi connectivity index (χ1n) is 11.7. The predicted octanol–water partition coefficient (Wildman–Crippen LogP) is 3.59. The summed E-state index contributed by atoms with van der Waals surface area (Å²) in [5, 5.41) is 27.4. The predicted molar refractivity (Wildman–Crippen MR) is 125 cm³/mol. The van der Waals surface area contributed by atoms with Crippen LogP contribution < -0.4 is 15.6 Å². The molecule has 3 N–H and O–H groups in total. The number of hydrogen-bond donors (Lipinski definition) is 3. The first-order chi connectivity index (χ1) is 17.2. The topological polar surface area (TPSA) is 119 Å². The molecule has 2 fully saturated rings. The number of alkyl halides is 3. The molecule has 2 aliphatic rings. The van der Waals surface area contributed by atoms with Crippen LogP contribution in [0.5, 0.6) is 5.75 Å². The van der Waals surface area contributed by atoms with E-state index in [1.54, 1.807) is 10.7 Å². The number of aliphatic hydroxyl groups excluding tert-OH is 1. The highest BCUT2D eigenvalue weighted by Crippen LogP contribution is 2.42. The largest absolute Gasteiger partial charge is 0.573 e. The van der Waals surface area contributed by atoms with Gasteiger partial charge in [-0.15, -0.1) is 13.2 Å². The number of ether oxygens (including phenoxy) is 1. The van der Waals surface area contributed by atoms with Crippen LogP contribution in [0.2, 0.25) is 0 Å². The van der Waals surface area contributed by atoms with Gasteiger partial charge >= 0.3 is 6.36 Å². The SMILES string of the molecule is N#CC[C@]1(n2nc(Nc3ccc(OC(F)(F)F)cc3)c3c(=O)[nH]ccc32)CC[C@@H](N2CC(O)C2)CC1. The Hall–Kier alpha value is -3.56. The minimum absolute atomic E-state index is 0.217. The summed E-state index contributed by atoms with van der Waals surface area (Å²) in [6.07, 6.45) is -0.279. The highest BCUT2D eigenvalue weighted by molar-refractivity contribution is 5.91. The molecule has 0 radical (unpaired) electrons. The summed E-state index contributed by atoms with van der Waals surface area (Å²) in [5.41, 5.74) is 0.0270. The summed E-state index contributed by atoms with van der Waals surface area (Å²) in [7, 11) is 0. The number of hydrogen-bond acceptors (Lipinski definition) is 7. The van der Waals surface area contributed by atoms with E-state index >= 15 is 0 Å². The number of halogens is 3. The molecule has 3 aromatic rings. The number of rotatable bonds is 6. The normalized spacial score (nSPS) is 23.2. The molecule has 1 aliphatic carbocycles. The lowest BCUT2D eigenvalue weighted by atomic mass is 9.76. The van der Waals surface area contributed by atoms with Crippen LogP contribution >= 0.6 is 0 Å². The van der Waals surface area contributed by atoms with Crippen molar-refractivity contribution in [2.24, 2.45) is 0 Å². The Bertz CT molecular complexity index is 1330. The van der Waals surface area contributed by atoms with E-state index in [0.29, 0.717) is 48.6 Å². The zero-order valence-electron chi connectivity index (χ0n) is 19.3. The van der Waals surface area contributed by atoms with Crippen molar-refractivity contribution in [3.8, 4) is 11.8 Å². The molecule has 2 aromatic heterocycles. The van der Waals surface area contributed by atoms with Crippen LogP contribution in [-0.2, 0) is 5.54 Å². The third-order valence-corrected chi connectivity index (χ3v) is 7.10. The molecule has 12 heteroatoms. The van der Waals surface area contributed by atoms with Crippen molar-refractivity contribution in [1.82, 2.24) is 19.7 Å². The van der Waals surface area contributed by atoms with Gasteiger partial charge < -0.3 is 20.1 Å². The molecule has 1 saturated heterocycles. The van der Waals surface area contributed by atoms with Crippen molar-refractivity contribution in [3.05, 3.63) is 46.9 Å². The number of anilines is 2. The number of aliphatic hydroxyl groups is 1. The lowest BCUT2D eigenvalue weighted by Crippen LogP contribution is -2.57. The maximum Gasteiger partial charge on any atom is 0.573 e. The molecule has 0 amide bonds. The number of nitriles is 1. The van der Waals surface area contributed by atoms with Crippen LogP contribution in [0.25, 0.3) is 10.9 Å². The van der Waals surface area contributed by atoms with E-state index in [9.17, 15) is 28.3 Å².